The lowest BCUT2D eigenvalue weighted by molar-refractivity contribution is 0.0318. The van der Waals surface area contributed by atoms with Crippen molar-refractivity contribution >= 4 is 34.7 Å². The summed E-state index contributed by atoms with van der Waals surface area (Å²) in [5.41, 5.74) is -0.594. The summed E-state index contributed by atoms with van der Waals surface area (Å²) in [6, 6.07) is 3.81. The topological polar surface area (TPSA) is 20.2 Å². The molecular formula is C9H11ClOS2. The number of hydrogen-bond acceptors (Lipinski definition) is 3. The van der Waals surface area contributed by atoms with Crippen LogP contribution in [0.5, 0.6) is 0 Å². The van der Waals surface area contributed by atoms with Crippen LogP contribution in [0.3, 0.4) is 0 Å². The highest BCUT2D eigenvalue weighted by atomic mass is 35.5. The van der Waals surface area contributed by atoms with Crippen molar-refractivity contribution in [2.75, 3.05) is 11.5 Å². The molecule has 1 nitrogen and oxygen atoms in total. The zero-order chi connectivity index (χ0) is 9.31. The molecule has 0 spiro atoms. The average Bonchev–Trinajstić information content (AvgIpc) is 2.54. The van der Waals surface area contributed by atoms with Crippen LogP contribution in [0.15, 0.2) is 12.1 Å². The highest BCUT2D eigenvalue weighted by Crippen LogP contribution is 2.40. The second-order valence-electron chi connectivity index (χ2n) is 3.25. The first-order valence-corrected chi connectivity index (χ1v) is 6.62. The van der Waals surface area contributed by atoms with Crippen LogP contribution in [-0.2, 0) is 5.60 Å². The Morgan fingerprint density at radius 1 is 1.31 bits per heavy atom. The third kappa shape index (κ3) is 2.04. The fourth-order valence-electron chi connectivity index (χ4n) is 1.52. The maximum Gasteiger partial charge on any atom is 0.100 e. The van der Waals surface area contributed by atoms with Crippen molar-refractivity contribution in [1.82, 2.24) is 0 Å². The Labute approximate surface area is 91.1 Å². The molecule has 0 unspecified atom stereocenters. The highest BCUT2D eigenvalue weighted by molar-refractivity contribution is 7.99. The van der Waals surface area contributed by atoms with E-state index in [0.29, 0.717) is 0 Å². The van der Waals surface area contributed by atoms with Crippen molar-refractivity contribution in [1.29, 1.82) is 0 Å². The molecule has 0 atom stereocenters. The van der Waals surface area contributed by atoms with E-state index in [2.05, 4.69) is 0 Å². The molecule has 0 saturated carbocycles. The third-order valence-electron chi connectivity index (χ3n) is 2.35. The van der Waals surface area contributed by atoms with Gasteiger partial charge in [-0.15, -0.1) is 11.3 Å². The van der Waals surface area contributed by atoms with Gasteiger partial charge in [-0.2, -0.15) is 11.8 Å². The molecule has 1 fully saturated rings. The summed E-state index contributed by atoms with van der Waals surface area (Å²) in [5, 5.41) is 10.3. The van der Waals surface area contributed by atoms with E-state index >= 15 is 0 Å². The molecule has 1 aliphatic heterocycles. The Bertz CT molecular complexity index is 292. The Hall–Kier alpha value is 0.300. The van der Waals surface area contributed by atoms with Gasteiger partial charge in [0.2, 0.25) is 0 Å². The van der Waals surface area contributed by atoms with Crippen LogP contribution in [0.1, 0.15) is 17.7 Å². The predicted octanol–water partition coefficient (Wildman–Crippen LogP) is 3.12. The van der Waals surface area contributed by atoms with E-state index in [-0.39, 0.29) is 0 Å². The molecule has 1 aliphatic rings. The minimum atomic E-state index is -0.594. The zero-order valence-corrected chi connectivity index (χ0v) is 9.51. The minimum absolute atomic E-state index is 0.594. The first-order chi connectivity index (χ1) is 6.21. The molecule has 0 aliphatic carbocycles. The van der Waals surface area contributed by atoms with E-state index in [9.17, 15) is 5.11 Å². The second-order valence-corrected chi connectivity index (χ2v) is 6.19. The van der Waals surface area contributed by atoms with Crippen LogP contribution in [0, 0.1) is 0 Å². The van der Waals surface area contributed by atoms with Crippen LogP contribution in [0.2, 0.25) is 4.34 Å². The van der Waals surface area contributed by atoms with Crippen LogP contribution in [0.25, 0.3) is 0 Å². The summed E-state index contributed by atoms with van der Waals surface area (Å²) in [6.07, 6.45) is 1.71. The summed E-state index contributed by atoms with van der Waals surface area (Å²) in [5.74, 6) is 2.10. The smallest absolute Gasteiger partial charge is 0.100 e. The van der Waals surface area contributed by atoms with Crippen molar-refractivity contribution in [3.05, 3.63) is 21.3 Å². The minimum Gasteiger partial charge on any atom is -0.384 e. The van der Waals surface area contributed by atoms with Gasteiger partial charge in [0, 0.05) is 4.88 Å². The van der Waals surface area contributed by atoms with Crippen molar-refractivity contribution in [2.24, 2.45) is 0 Å². The Kier molecular flexibility index (Phi) is 2.88. The summed E-state index contributed by atoms with van der Waals surface area (Å²) in [4.78, 5) is 1.03. The van der Waals surface area contributed by atoms with Crippen molar-refractivity contribution < 1.29 is 5.11 Å². The molecule has 1 N–H and O–H groups in total. The average molecular weight is 235 g/mol. The molecule has 0 aromatic carbocycles. The lowest BCUT2D eigenvalue weighted by Gasteiger charge is -2.30. The highest BCUT2D eigenvalue weighted by Gasteiger charge is 2.32. The molecule has 1 aromatic heterocycles. The van der Waals surface area contributed by atoms with Crippen LogP contribution >= 0.6 is 34.7 Å². The van der Waals surface area contributed by atoms with E-state index in [1.165, 1.54) is 11.3 Å². The molecule has 2 rings (SSSR count). The van der Waals surface area contributed by atoms with Crippen LogP contribution in [0.4, 0.5) is 0 Å². The summed E-state index contributed by atoms with van der Waals surface area (Å²) in [6.45, 7) is 0. The van der Waals surface area contributed by atoms with E-state index in [0.717, 1.165) is 33.6 Å². The number of thioether (sulfide) groups is 1. The molecule has 0 bridgehead atoms. The monoisotopic (exact) mass is 234 g/mol. The van der Waals surface area contributed by atoms with Crippen LogP contribution in [-0.4, -0.2) is 16.6 Å². The molecule has 72 valence electrons. The molecule has 1 aromatic rings. The number of halogens is 1. The largest absolute Gasteiger partial charge is 0.384 e. The molecule has 2 heterocycles. The normalized spacial score (nSPS) is 21.7. The van der Waals surface area contributed by atoms with E-state index in [4.69, 9.17) is 11.6 Å². The molecule has 0 amide bonds. The first kappa shape index (κ1) is 9.84. The summed E-state index contributed by atoms with van der Waals surface area (Å²) >= 11 is 9.25. The van der Waals surface area contributed by atoms with Gasteiger partial charge < -0.3 is 5.11 Å². The second kappa shape index (κ2) is 3.81. The molecule has 1 saturated heterocycles. The number of aliphatic hydroxyl groups is 1. The Morgan fingerprint density at radius 3 is 2.54 bits per heavy atom. The van der Waals surface area contributed by atoms with Crippen molar-refractivity contribution in [3.63, 3.8) is 0 Å². The predicted molar refractivity (Wildman–Crippen MR) is 59.8 cm³/mol. The Balaban J connectivity index is 2.22. The van der Waals surface area contributed by atoms with Gasteiger partial charge in [0.15, 0.2) is 0 Å². The lowest BCUT2D eigenvalue weighted by atomic mass is 9.95. The quantitative estimate of drug-likeness (QED) is 0.806. The number of hydrogen-bond donors (Lipinski definition) is 1. The third-order valence-corrected chi connectivity index (χ3v) is 4.76. The number of rotatable bonds is 1. The molecular weight excluding hydrogens is 224 g/mol. The summed E-state index contributed by atoms with van der Waals surface area (Å²) in [7, 11) is 0. The van der Waals surface area contributed by atoms with E-state index in [1.54, 1.807) is 0 Å². The first-order valence-electron chi connectivity index (χ1n) is 4.27. The molecule has 4 heteroatoms. The van der Waals surface area contributed by atoms with Gasteiger partial charge in [-0.25, -0.2) is 0 Å². The van der Waals surface area contributed by atoms with Crippen molar-refractivity contribution in [2.45, 2.75) is 18.4 Å². The summed E-state index contributed by atoms with van der Waals surface area (Å²) < 4.78 is 0.765. The Morgan fingerprint density at radius 2 is 2.00 bits per heavy atom. The van der Waals surface area contributed by atoms with E-state index in [1.807, 2.05) is 23.9 Å². The van der Waals surface area contributed by atoms with Crippen LogP contribution < -0.4 is 0 Å². The van der Waals surface area contributed by atoms with Gasteiger partial charge in [-0.3, -0.25) is 0 Å². The van der Waals surface area contributed by atoms with Gasteiger partial charge >= 0.3 is 0 Å². The zero-order valence-electron chi connectivity index (χ0n) is 7.12. The maximum atomic E-state index is 10.3. The fourth-order valence-corrected chi connectivity index (χ4v) is 3.88. The molecule has 0 radical (unpaired) electrons. The van der Waals surface area contributed by atoms with Gasteiger partial charge in [0.1, 0.15) is 5.60 Å². The lowest BCUT2D eigenvalue weighted by Crippen LogP contribution is -2.29. The van der Waals surface area contributed by atoms with Gasteiger partial charge in [0.25, 0.3) is 0 Å². The number of thiophene rings is 1. The van der Waals surface area contributed by atoms with E-state index < -0.39 is 5.60 Å². The maximum absolute atomic E-state index is 10.3. The van der Waals surface area contributed by atoms with Gasteiger partial charge in [-0.1, -0.05) is 11.6 Å². The SMILES string of the molecule is OC1(c2ccc(Cl)s2)CCSCC1. The molecule has 13 heavy (non-hydrogen) atoms. The standard InChI is InChI=1S/C9H11ClOS2/c10-8-2-1-7(13-8)9(11)3-5-12-6-4-9/h1-2,11H,3-6H2. The van der Waals surface area contributed by atoms with Gasteiger partial charge in [0.05, 0.1) is 4.34 Å². The van der Waals surface area contributed by atoms with Gasteiger partial charge in [-0.05, 0) is 36.5 Å². The fraction of sp³-hybridized carbons (Fsp3) is 0.556. The van der Waals surface area contributed by atoms with Crippen molar-refractivity contribution in [3.8, 4) is 0 Å².